The smallest absolute Gasteiger partial charge is 0.407 e. The number of hydrogen-bond acceptors (Lipinski definition) is 3. The van der Waals surface area contributed by atoms with Gasteiger partial charge in [0.25, 0.3) is 0 Å². The minimum absolute atomic E-state index is 0.350. The van der Waals surface area contributed by atoms with Gasteiger partial charge in [-0.3, -0.25) is 4.79 Å². The summed E-state index contributed by atoms with van der Waals surface area (Å²) < 4.78 is 7.36. The summed E-state index contributed by atoms with van der Waals surface area (Å²) in [5, 5.41) is 13.7. The fourth-order valence-electron chi connectivity index (χ4n) is 4.12. The van der Waals surface area contributed by atoms with E-state index >= 15 is 0 Å². The molecule has 0 aliphatic heterocycles. The molecule has 0 spiro atoms. The highest BCUT2D eigenvalue weighted by atomic mass is 16.6. The van der Waals surface area contributed by atoms with Gasteiger partial charge in [-0.2, -0.15) is 0 Å². The first-order chi connectivity index (χ1) is 15.4. The Morgan fingerprint density at radius 3 is 2.27 bits per heavy atom. The average molecular weight is 451 g/mol. The van der Waals surface area contributed by atoms with Crippen LogP contribution in [0.4, 0.5) is 4.79 Å². The third-order valence-electron chi connectivity index (χ3n) is 5.81. The van der Waals surface area contributed by atoms with Gasteiger partial charge < -0.3 is 19.7 Å². The molecule has 2 N–H and O–H groups in total. The van der Waals surface area contributed by atoms with Gasteiger partial charge in [0.2, 0.25) is 0 Å². The van der Waals surface area contributed by atoms with Gasteiger partial charge in [0.15, 0.2) is 0 Å². The van der Waals surface area contributed by atoms with Crippen molar-refractivity contribution < 1.29 is 19.4 Å². The molecule has 1 atom stereocenters. The molecule has 1 aromatic heterocycles. The molecular formula is C27H34N2O4. The molecule has 6 heteroatoms. The number of carbonyl (C=O) groups is 2. The highest BCUT2D eigenvalue weighted by Gasteiger charge is 2.35. The van der Waals surface area contributed by atoms with E-state index in [1.807, 2.05) is 30.5 Å². The Morgan fingerprint density at radius 2 is 1.67 bits per heavy atom. The molecule has 1 amide bonds. The Bertz CT molecular complexity index is 1150. The first kappa shape index (κ1) is 24.4. The summed E-state index contributed by atoms with van der Waals surface area (Å²) in [4.78, 5) is 24.1. The van der Waals surface area contributed by atoms with Gasteiger partial charge in [-0.1, -0.05) is 12.1 Å². The Morgan fingerprint density at radius 1 is 1.00 bits per heavy atom. The van der Waals surface area contributed by atoms with E-state index in [2.05, 4.69) is 41.9 Å². The average Bonchev–Trinajstić information content (AvgIpc) is 3.12. The maximum Gasteiger partial charge on any atom is 0.407 e. The first-order valence-corrected chi connectivity index (χ1v) is 11.3. The summed E-state index contributed by atoms with van der Waals surface area (Å²) in [6.07, 6.45) is 2.44. The van der Waals surface area contributed by atoms with Crippen LogP contribution in [0.3, 0.4) is 0 Å². The summed E-state index contributed by atoms with van der Waals surface area (Å²) >= 11 is 0. The Labute approximate surface area is 195 Å². The molecular weight excluding hydrogens is 416 g/mol. The van der Waals surface area contributed by atoms with E-state index < -0.39 is 23.1 Å². The van der Waals surface area contributed by atoms with Gasteiger partial charge in [0, 0.05) is 23.8 Å². The Kier molecular flexibility index (Phi) is 6.86. The van der Waals surface area contributed by atoms with E-state index in [-0.39, 0.29) is 0 Å². The summed E-state index contributed by atoms with van der Waals surface area (Å²) in [7, 11) is 0. The number of fused-ring (bicyclic) bond motifs is 1. The number of aliphatic carboxylic acids is 1. The van der Waals surface area contributed by atoms with Gasteiger partial charge in [-0.05, 0) is 101 Å². The van der Waals surface area contributed by atoms with Crippen molar-refractivity contribution in [2.75, 3.05) is 6.54 Å². The molecule has 3 aromatic rings. The fourth-order valence-corrected chi connectivity index (χ4v) is 4.12. The number of amides is 1. The van der Waals surface area contributed by atoms with Crippen molar-refractivity contribution in [1.29, 1.82) is 0 Å². The number of carbonyl (C=O) groups excluding carboxylic acids is 1. The number of carboxylic acids is 1. The van der Waals surface area contributed by atoms with Crippen LogP contribution in [0.1, 0.15) is 57.2 Å². The molecule has 6 nitrogen and oxygen atoms in total. The number of rotatable bonds is 7. The van der Waals surface area contributed by atoms with Crippen LogP contribution < -0.4 is 5.32 Å². The van der Waals surface area contributed by atoms with Crippen molar-refractivity contribution in [3.8, 4) is 5.69 Å². The van der Waals surface area contributed by atoms with Gasteiger partial charge in [0.05, 0.1) is 10.9 Å². The minimum Gasteiger partial charge on any atom is -0.481 e. The molecule has 0 radical (unpaired) electrons. The number of alkyl carbamates (subject to hydrolysis) is 1. The molecule has 0 saturated heterocycles. The maximum absolute atomic E-state index is 12.3. The van der Waals surface area contributed by atoms with E-state index in [1.165, 1.54) is 11.1 Å². The lowest BCUT2D eigenvalue weighted by Gasteiger charge is -2.26. The molecule has 3 rings (SSSR count). The lowest BCUT2D eigenvalue weighted by Crippen LogP contribution is -2.35. The number of carboxylic acid groups (broad SMARTS) is 1. The first-order valence-electron chi connectivity index (χ1n) is 11.3. The quantitative estimate of drug-likeness (QED) is 0.440. The monoisotopic (exact) mass is 450 g/mol. The van der Waals surface area contributed by atoms with Crippen LogP contribution in [0, 0.1) is 13.8 Å². The molecule has 0 saturated carbocycles. The number of benzene rings is 2. The van der Waals surface area contributed by atoms with E-state index in [9.17, 15) is 14.7 Å². The number of aryl methyl sites for hydroxylation is 2. The third-order valence-corrected chi connectivity index (χ3v) is 5.81. The summed E-state index contributed by atoms with van der Waals surface area (Å²) in [5.41, 5.74) is 3.63. The van der Waals surface area contributed by atoms with Crippen LogP contribution in [-0.2, 0) is 14.9 Å². The highest BCUT2D eigenvalue weighted by Crippen LogP contribution is 2.33. The third kappa shape index (κ3) is 5.75. The SMILES string of the molecule is Cc1cc(C)cc(-n2ccc3cc(C(C)(CCCNC(=O)OC(C)(C)C)C(=O)O)ccc32)c1. The van der Waals surface area contributed by atoms with Crippen LogP contribution in [0.25, 0.3) is 16.6 Å². The molecule has 1 unspecified atom stereocenters. The molecule has 0 aliphatic rings. The van der Waals surface area contributed by atoms with Crippen LogP contribution >= 0.6 is 0 Å². The minimum atomic E-state index is -1.06. The van der Waals surface area contributed by atoms with Crippen molar-refractivity contribution in [2.45, 2.75) is 65.4 Å². The lowest BCUT2D eigenvalue weighted by atomic mass is 9.78. The molecule has 0 aliphatic carbocycles. The van der Waals surface area contributed by atoms with Crippen molar-refractivity contribution in [1.82, 2.24) is 9.88 Å². The van der Waals surface area contributed by atoms with Crippen LogP contribution in [0.2, 0.25) is 0 Å². The predicted molar refractivity (Wildman–Crippen MR) is 131 cm³/mol. The second kappa shape index (κ2) is 9.30. The molecule has 0 bridgehead atoms. The van der Waals surface area contributed by atoms with Crippen LogP contribution in [0.15, 0.2) is 48.7 Å². The molecule has 2 aromatic carbocycles. The maximum atomic E-state index is 12.3. The van der Waals surface area contributed by atoms with Crippen LogP contribution in [0.5, 0.6) is 0 Å². The number of nitrogens with zero attached hydrogens (tertiary/aromatic N) is 1. The Balaban J connectivity index is 1.79. The van der Waals surface area contributed by atoms with Gasteiger partial charge >= 0.3 is 12.1 Å². The van der Waals surface area contributed by atoms with Crippen molar-refractivity contribution in [2.24, 2.45) is 0 Å². The summed E-state index contributed by atoms with van der Waals surface area (Å²) in [5.74, 6) is -0.882. The van der Waals surface area contributed by atoms with Gasteiger partial charge in [0.1, 0.15) is 5.60 Å². The molecule has 0 fully saturated rings. The standard InChI is InChI=1S/C27H34N2O4/c1-18-14-19(2)16-22(15-18)29-13-10-20-17-21(8-9-23(20)29)27(6,24(30)31)11-7-12-28-25(32)33-26(3,4)5/h8-10,13-17H,7,11-12H2,1-6H3,(H,28,32)(H,30,31). The predicted octanol–water partition coefficient (Wildman–Crippen LogP) is 5.89. The van der Waals surface area contributed by atoms with Gasteiger partial charge in [-0.25, -0.2) is 4.79 Å². The zero-order chi connectivity index (χ0) is 24.4. The number of aromatic nitrogens is 1. The zero-order valence-electron chi connectivity index (χ0n) is 20.4. The topological polar surface area (TPSA) is 80.6 Å². The lowest BCUT2D eigenvalue weighted by molar-refractivity contribution is -0.143. The highest BCUT2D eigenvalue weighted by molar-refractivity contribution is 5.87. The zero-order valence-corrected chi connectivity index (χ0v) is 20.4. The van der Waals surface area contributed by atoms with E-state index in [1.54, 1.807) is 27.7 Å². The van der Waals surface area contributed by atoms with Gasteiger partial charge in [-0.15, -0.1) is 0 Å². The number of nitrogens with one attached hydrogen (secondary N) is 1. The largest absolute Gasteiger partial charge is 0.481 e. The van der Waals surface area contributed by atoms with Crippen molar-refractivity contribution in [3.05, 3.63) is 65.4 Å². The van der Waals surface area contributed by atoms with E-state index in [0.717, 1.165) is 22.2 Å². The number of ether oxygens (including phenoxy) is 1. The van der Waals surface area contributed by atoms with E-state index in [0.29, 0.717) is 19.4 Å². The van der Waals surface area contributed by atoms with Crippen LogP contribution in [-0.4, -0.2) is 33.9 Å². The number of hydrogen-bond donors (Lipinski definition) is 2. The fraction of sp³-hybridized carbons (Fsp3) is 0.407. The normalized spacial score (nSPS) is 13.5. The molecule has 176 valence electrons. The summed E-state index contributed by atoms with van der Waals surface area (Å²) in [6, 6.07) is 14.3. The Hall–Kier alpha value is -3.28. The van der Waals surface area contributed by atoms with Crippen molar-refractivity contribution >= 4 is 23.0 Å². The second-order valence-electron chi connectivity index (χ2n) is 9.97. The second-order valence-corrected chi connectivity index (χ2v) is 9.97. The van der Waals surface area contributed by atoms with Crippen molar-refractivity contribution in [3.63, 3.8) is 0 Å². The molecule has 1 heterocycles. The van der Waals surface area contributed by atoms with E-state index in [4.69, 9.17) is 4.74 Å². The molecule has 33 heavy (non-hydrogen) atoms. The summed E-state index contributed by atoms with van der Waals surface area (Å²) in [6.45, 7) is 11.7.